The summed E-state index contributed by atoms with van der Waals surface area (Å²) in [6, 6.07) is 21.6. The molecule has 0 heterocycles. The molecule has 0 amide bonds. The van der Waals surface area contributed by atoms with Gasteiger partial charge in [-0.25, -0.2) is 0 Å². The monoisotopic (exact) mass is 381 g/mol. The number of rotatable bonds is 7. The molecule has 0 spiro atoms. The van der Waals surface area contributed by atoms with Crippen molar-refractivity contribution in [3.63, 3.8) is 0 Å². The summed E-state index contributed by atoms with van der Waals surface area (Å²) in [5.74, 6) is 0.424. The van der Waals surface area contributed by atoms with Gasteiger partial charge in [0.25, 0.3) is 8.32 Å². The molecular formula is C24H35NOSi. The number of hydrogen-bond donors (Lipinski definition) is 1. The molecule has 0 aliphatic heterocycles. The van der Waals surface area contributed by atoms with E-state index >= 15 is 0 Å². The van der Waals surface area contributed by atoms with Crippen LogP contribution in [-0.4, -0.2) is 21.0 Å². The largest absolute Gasteiger partial charge is 0.403 e. The van der Waals surface area contributed by atoms with E-state index in [0.717, 1.165) is 0 Å². The average molecular weight is 382 g/mol. The third-order valence-electron chi connectivity index (χ3n) is 5.18. The zero-order valence-electron chi connectivity index (χ0n) is 17.7. The van der Waals surface area contributed by atoms with Crippen LogP contribution in [0.2, 0.25) is 5.04 Å². The van der Waals surface area contributed by atoms with E-state index < -0.39 is 8.32 Å². The van der Waals surface area contributed by atoms with Crippen LogP contribution in [0.15, 0.2) is 72.3 Å². The molecule has 0 aromatic heterocycles. The van der Waals surface area contributed by atoms with E-state index in [-0.39, 0.29) is 11.1 Å². The SMILES string of the molecule is C/C(=C\[C@@H](N)C(C)C)CO[Si](c1ccccc1)(c1ccccc1)C(C)(C)C. The second-order valence-corrected chi connectivity index (χ2v) is 13.1. The lowest BCUT2D eigenvalue weighted by Gasteiger charge is -2.43. The molecule has 2 rings (SSSR count). The molecule has 146 valence electrons. The topological polar surface area (TPSA) is 35.2 Å². The summed E-state index contributed by atoms with van der Waals surface area (Å²) in [6.07, 6.45) is 2.16. The third kappa shape index (κ3) is 4.98. The Morgan fingerprint density at radius 2 is 1.41 bits per heavy atom. The highest BCUT2D eigenvalue weighted by Gasteiger charge is 2.50. The van der Waals surface area contributed by atoms with Gasteiger partial charge < -0.3 is 10.2 Å². The van der Waals surface area contributed by atoms with Crippen molar-refractivity contribution >= 4 is 18.7 Å². The Morgan fingerprint density at radius 3 is 1.78 bits per heavy atom. The summed E-state index contributed by atoms with van der Waals surface area (Å²) in [5, 5.41) is 2.62. The van der Waals surface area contributed by atoms with Gasteiger partial charge in [-0.15, -0.1) is 0 Å². The summed E-state index contributed by atoms with van der Waals surface area (Å²) in [4.78, 5) is 0. The Bertz CT molecular complexity index is 692. The van der Waals surface area contributed by atoms with Gasteiger partial charge in [-0.3, -0.25) is 0 Å². The van der Waals surface area contributed by atoms with Gasteiger partial charge in [0.1, 0.15) is 0 Å². The lowest BCUT2D eigenvalue weighted by molar-refractivity contribution is 0.328. The van der Waals surface area contributed by atoms with Crippen molar-refractivity contribution in [3.8, 4) is 0 Å². The van der Waals surface area contributed by atoms with E-state index in [1.165, 1.54) is 15.9 Å². The second-order valence-electron chi connectivity index (χ2n) is 8.79. The minimum atomic E-state index is -2.47. The van der Waals surface area contributed by atoms with Crippen LogP contribution in [-0.2, 0) is 4.43 Å². The van der Waals surface area contributed by atoms with Gasteiger partial charge in [-0.05, 0) is 28.3 Å². The molecule has 1 atom stereocenters. The zero-order chi connectivity index (χ0) is 20.1. The maximum Gasteiger partial charge on any atom is 0.261 e. The first kappa shape index (κ1) is 21.6. The number of hydrogen-bond acceptors (Lipinski definition) is 2. The van der Waals surface area contributed by atoms with Crippen molar-refractivity contribution in [2.45, 2.75) is 52.6 Å². The van der Waals surface area contributed by atoms with E-state index in [4.69, 9.17) is 10.2 Å². The molecule has 2 nitrogen and oxygen atoms in total. The van der Waals surface area contributed by atoms with Crippen LogP contribution in [0, 0.1) is 5.92 Å². The molecule has 0 saturated carbocycles. The quantitative estimate of drug-likeness (QED) is 0.566. The minimum Gasteiger partial charge on any atom is -0.403 e. The zero-order valence-corrected chi connectivity index (χ0v) is 18.7. The molecule has 0 bridgehead atoms. The summed E-state index contributed by atoms with van der Waals surface area (Å²) in [5.41, 5.74) is 7.44. The fourth-order valence-electron chi connectivity index (χ4n) is 3.55. The van der Waals surface area contributed by atoms with E-state index in [9.17, 15) is 0 Å². The summed E-state index contributed by atoms with van der Waals surface area (Å²) < 4.78 is 6.92. The highest BCUT2D eigenvalue weighted by atomic mass is 28.4. The lowest BCUT2D eigenvalue weighted by atomic mass is 10.0. The van der Waals surface area contributed by atoms with Gasteiger partial charge in [-0.2, -0.15) is 0 Å². The smallest absolute Gasteiger partial charge is 0.261 e. The first-order chi connectivity index (χ1) is 12.7. The third-order valence-corrected chi connectivity index (χ3v) is 10.2. The molecule has 0 saturated heterocycles. The summed E-state index contributed by atoms with van der Waals surface area (Å²) in [7, 11) is -2.47. The van der Waals surface area contributed by atoms with Crippen molar-refractivity contribution < 1.29 is 4.43 Å². The molecule has 27 heavy (non-hydrogen) atoms. The average Bonchev–Trinajstić information content (AvgIpc) is 2.62. The standard InChI is InChI=1S/C24H35NOSi/c1-19(2)23(25)17-20(3)18-26-27(24(4,5)6,21-13-9-7-10-14-21)22-15-11-8-12-16-22/h7-17,19,23H,18,25H2,1-6H3/b20-17+/t23-/m1/s1. The van der Waals surface area contributed by atoms with Crippen LogP contribution in [0.3, 0.4) is 0 Å². The maximum atomic E-state index is 6.92. The normalized spacial score (nSPS) is 14.4. The first-order valence-electron chi connectivity index (χ1n) is 9.86. The minimum absolute atomic E-state index is 0.00382. The predicted molar refractivity (Wildman–Crippen MR) is 120 cm³/mol. The van der Waals surface area contributed by atoms with Crippen molar-refractivity contribution in [1.82, 2.24) is 0 Å². The molecule has 2 N–H and O–H groups in total. The van der Waals surface area contributed by atoms with E-state index in [1.807, 2.05) is 0 Å². The summed E-state index contributed by atoms with van der Waals surface area (Å²) in [6.45, 7) is 13.9. The van der Waals surface area contributed by atoms with Crippen LogP contribution in [0.1, 0.15) is 41.5 Å². The Labute approximate surface area is 166 Å². The maximum absolute atomic E-state index is 6.92. The Balaban J connectivity index is 2.50. The Kier molecular flexibility index (Phi) is 7.21. The van der Waals surface area contributed by atoms with Crippen molar-refractivity contribution in [3.05, 3.63) is 72.3 Å². The van der Waals surface area contributed by atoms with Crippen molar-refractivity contribution in [2.75, 3.05) is 6.61 Å². The van der Waals surface area contributed by atoms with Gasteiger partial charge in [0.05, 0.1) is 6.61 Å². The van der Waals surface area contributed by atoms with Crippen molar-refractivity contribution in [1.29, 1.82) is 0 Å². The van der Waals surface area contributed by atoms with E-state index in [0.29, 0.717) is 12.5 Å². The first-order valence-corrected chi connectivity index (χ1v) is 11.8. The van der Waals surface area contributed by atoms with Crippen LogP contribution in [0.4, 0.5) is 0 Å². The Morgan fingerprint density at radius 1 is 0.963 bits per heavy atom. The van der Waals surface area contributed by atoms with Gasteiger partial charge in [0.2, 0.25) is 0 Å². The van der Waals surface area contributed by atoms with Gasteiger partial charge in [-0.1, -0.05) is 107 Å². The lowest BCUT2D eigenvalue weighted by Crippen LogP contribution is -2.66. The number of nitrogens with two attached hydrogens (primary N) is 1. The predicted octanol–water partition coefficient (Wildman–Crippen LogP) is 4.49. The van der Waals surface area contributed by atoms with Gasteiger partial charge in [0.15, 0.2) is 0 Å². The van der Waals surface area contributed by atoms with Crippen molar-refractivity contribution in [2.24, 2.45) is 11.7 Å². The fourth-order valence-corrected chi connectivity index (χ4v) is 8.15. The second kappa shape index (κ2) is 9.00. The summed E-state index contributed by atoms with van der Waals surface area (Å²) >= 11 is 0. The molecule has 0 aliphatic rings. The fraction of sp³-hybridized carbons (Fsp3) is 0.417. The van der Waals surface area contributed by atoms with Gasteiger partial charge >= 0.3 is 0 Å². The van der Waals surface area contributed by atoms with Gasteiger partial charge in [0, 0.05) is 6.04 Å². The van der Waals surface area contributed by atoms with Crippen LogP contribution in [0.25, 0.3) is 0 Å². The van der Waals surface area contributed by atoms with Crippen LogP contribution >= 0.6 is 0 Å². The molecule has 0 radical (unpaired) electrons. The number of benzene rings is 2. The molecule has 2 aromatic rings. The van der Waals surface area contributed by atoms with Crippen LogP contribution in [0.5, 0.6) is 0 Å². The molecule has 0 unspecified atom stereocenters. The molecular weight excluding hydrogens is 346 g/mol. The molecule has 0 aliphatic carbocycles. The van der Waals surface area contributed by atoms with E-state index in [2.05, 4.69) is 108 Å². The Hall–Kier alpha value is -1.68. The highest BCUT2D eigenvalue weighted by Crippen LogP contribution is 2.36. The highest BCUT2D eigenvalue weighted by molar-refractivity contribution is 6.99. The van der Waals surface area contributed by atoms with Crippen LogP contribution < -0.4 is 16.1 Å². The molecule has 2 aromatic carbocycles. The molecule has 3 heteroatoms. The molecule has 0 fully saturated rings. The van der Waals surface area contributed by atoms with E-state index in [1.54, 1.807) is 0 Å².